The Balaban J connectivity index is 1.52. The number of fused-ring (bicyclic) bond motifs is 1. The van der Waals surface area contributed by atoms with E-state index in [0.717, 1.165) is 9.87 Å². The van der Waals surface area contributed by atoms with Crippen LogP contribution < -0.4 is 19.1 Å². The molecule has 0 radical (unpaired) electrons. The van der Waals surface area contributed by atoms with Gasteiger partial charge in [0.2, 0.25) is 0 Å². The van der Waals surface area contributed by atoms with Crippen LogP contribution in [0.5, 0.6) is 11.5 Å². The molecule has 32 heavy (non-hydrogen) atoms. The molecule has 1 amide bonds. The van der Waals surface area contributed by atoms with Crippen LogP contribution in [0.2, 0.25) is 5.02 Å². The molecule has 0 aliphatic carbocycles. The number of carbonyl (C=O) groups is 1. The second-order valence-corrected chi connectivity index (χ2v) is 9.49. The first-order valence-electron chi connectivity index (χ1n) is 9.86. The Morgan fingerprint density at radius 1 is 1.00 bits per heavy atom. The quantitative estimate of drug-likeness (QED) is 0.588. The van der Waals surface area contributed by atoms with Crippen LogP contribution >= 0.6 is 11.6 Å². The van der Waals surface area contributed by atoms with Crippen LogP contribution in [0.25, 0.3) is 0 Å². The smallest absolute Gasteiger partial charge is 0.264 e. The molecule has 0 atom stereocenters. The maximum absolute atomic E-state index is 13.1. The van der Waals surface area contributed by atoms with E-state index >= 15 is 0 Å². The summed E-state index contributed by atoms with van der Waals surface area (Å²) >= 11 is 6.21. The first-order chi connectivity index (χ1) is 15.4. The average Bonchev–Trinajstić information content (AvgIpc) is 2.82. The van der Waals surface area contributed by atoms with E-state index in [-0.39, 0.29) is 22.0 Å². The normalized spacial score (nSPS) is 12.8. The number of hydrogen-bond acceptors (Lipinski definition) is 5. The summed E-state index contributed by atoms with van der Waals surface area (Å²) in [6.45, 7) is 1.18. The van der Waals surface area contributed by atoms with Crippen molar-refractivity contribution in [1.29, 1.82) is 0 Å². The van der Waals surface area contributed by atoms with Crippen LogP contribution in [0.4, 0.5) is 5.69 Å². The molecular weight excluding hydrogens is 452 g/mol. The summed E-state index contributed by atoms with van der Waals surface area (Å²) in [5.74, 6) is 0.803. The number of sulfonamides is 1. The first kappa shape index (κ1) is 22.0. The molecule has 3 aromatic carbocycles. The molecule has 1 heterocycles. The van der Waals surface area contributed by atoms with Crippen molar-refractivity contribution < 1.29 is 22.7 Å². The van der Waals surface area contributed by atoms with Gasteiger partial charge in [-0.1, -0.05) is 35.9 Å². The van der Waals surface area contributed by atoms with Gasteiger partial charge in [0.05, 0.1) is 21.2 Å². The fourth-order valence-corrected chi connectivity index (χ4v) is 4.67. The Labute approximate surface area is 191 Å². The molecule has 1 aliphatic rings. The second kappa shape index (κ2) is 9.10. The number of para-hydroxylation sites is 1. The molecule has 0 aromatic heterocycles. The molecule has 0 unspecified atom stereocenters. The molecule has 0 spiro atoms. The standard InChI is InChI=1S/C23H21ClN2O5S/c1-26(17-5-3-2-4-6-17)32(28,29)18-8-9-20(24)19(14-18)23(27)25-15-16-7-10-21-22(13-16)31-12-11-30-21/h2-10,13-14H,11-12,15H2,1H3,(H,25,27). The van der Waals surface area contributed by atoms with Crippen molar-refractivity contribution in [2.45, 2.75) is 11.4 Å². The number of nitrogens with one attached hydrogen (secondary N) is 1. The second-order valence-electron chi connectivity index (χ2n) is 7.11. The molecule has 0 saturated heterocycles. The lowest BCUT2D eigenvalue weighted by atomic mass is 10.1. The highest BCUT2D eigenvalue weighted by atomic mass is 35.5. The summed E-state index contributed by atoms with van der Waals surface area (Å²) in [5, 5.41) is 2.93. The van der Waals surface area contributed by atoms with Crippen LogP contribution in [-0.2, 0) is 16.6 Å². The Morgan fingerprint density at radius 3 is 2.47 bits per heavy atom. The number of hydrogen-bond donors (Lipinski definition) is 1. The minimum Gasteiger partial charge on any atom is -0.486 e. The molecule has 166 valence electrons. The number of carbonyl (C=O) groups excluding carboxylic acids is 1. The van der Waals surface area contributed by atoms with E-state index in [9.17, 15) is 13.2 Å². The molecule has 0 bridgehead atoms. The van der Waals surface area contributed by atoms with Gasteiger partial charge in [-0.15, -0.1) is 0 Å². The molecule has 9 heteroatoms. The van der Waals surface area contributed by atoms with E-state index < -0.39 is 15.9 Å². The Hall–Kier alpha value is -3.23. The van der Waals surface area contributed by atoms with Gasteiger partial charge in [-0.05, 0) is 48.0 Å². The van der Waals surface area contributed by atoms with Gasteiger partial charge in [0.25, 0.3) is 15.9 Å². The fraction of sp³-hybridized carbons (Fsp3) is 0.174. The summed E-state index contributed by atoms with van der Waals surface area (Å²) in [6.07, 6.45) is 0. The first-order valence-corrected chi connectivity index (χ1v) is 11.7. The lowest BCUT2D eigenvalue weighted by Gasteiger charge is -2.20. The van der Waals surface area contributed by atoms with Gasteiger partial charge in [-0.25, -0.2) is 8.42 Å². The third-order valence-electron chi connectivity index (χ3n) is 5.02. The lowest BCUT2D eigenvalue weighted by Crippen LogP contribution is -2.27. The Kier molecular flexibility index (Phi) is 6.25. The van der Waals surface area contributed by atoms with Crippen LogP contribution in [0.1, 0.15) is 15.9 Å². The van der Waals surface area contributed by atoms with Crippen molar-refractivity contribution in [2.75, 3.05) is 24.6 Å². The zero-order valence-electron chi connectivity index (χ0n) is 17.2. The zero-order valence-corrected chi connectivity index (χ0v) is 18.8. The van der Waals surface area contributed by atoms with Gasteiger partial charge < -0.3 is 14.8 Å². The van der Waals surface area contributed by atoms with E-state index in [1.54, 1.807) is 42.5 Å². The molecule has 4 rings (SSSR count). The average molecular weight is 473 g/mol. The highest BCUT2D eigenvalue weighted by Gasteiger charge is 2.24. The van der Waals surface area contributed by atoms with E-state index in [2.05, 4.69) is 5.32 Å². The third-order valence-corrected chi connectivity index (χ3v) is 7.13. The highest BCUT2D eigenvalue weighted by molar-refractivity contribution is 7.92. The van der Waals surface area contributed by atoms with Crippen molar-refractivity contribution in [1.82, 2.24) is 5.32 Å². The molecule has 1 N–H and O–H groups in total. The van der Waals surface area contributed by atoms with Crippen LogP contribution in [0.15, 0.2) is 71.6 Å². The monoisotopic (exact) mass is 472 g/mol. The maximum atomic E-state index is 13.1. The van der Waals surface area contributed by atoms with E-state index in [0.29, 0.717) is 30.4 Å². The SMILES string of the molecule is CN(c1ccccc1)S(=O)(=O)c1ccc(Cl)c(C(=O)NCc2ccc3c(c2)OCCO3)c1. The van der Waals surface area contributed by atoms with Crippen molar-refractivity contribution in [3.63, 3.8) is 0 Å². The molecule has 0 fully saturated rings. The van der Waals surface area contributed by atoms with E-state index in [1.807, 2.05) is 6.07 Å². The van der Waals surface area contributed by atoms with Gasteiger partial charge in [0, 0.05) is 13.6 Å². The number of halogens is 1. The van der Waals surface area contributed by atoms with Crippen molar-refractivity contribution in [3.8, 4) is 11.5 Å². The van der Waals surface area contributed by atoms with Crippen LogP contribution in [-0.4, -0.2) is 34.6 Å². The largest absolute Gasteiger partial charge is 0.486 e. The number of rotatable bonds is 6. The van der Waals surface area contributed by atoms with Crippen molar-refractivity contribution >= 4 is 33.2 Å². The minimum atomic E-state index is -3.88. The zero-order chi connectivity index (χ0) is 22.7. The third kappa shape index (κ3) is 4.51. The molecule has 3 aromatic rings. The van der Waals surface area contributed by atoms with E-state index in [1.165, 1.54) is 25.2 Å². The molecular formula is C23H21ClN2O5S. The highest BCUT2D eigenvalue weighted by Crippen LogP contribution is 2.31. The maximum Gasteiger partial charge on any atom is 0.264 e. The number of ether oxygens (including phenoxy) is 2. The number of nitrogens with zero attached hydrogens (tertiary/aromatic N) is 1. The number of anilines is 1. The van der Waals surface area contributed by atoms with Gasteiger partial charge in [-0.2, -0.15) is 0 Å². The number of amides is 1. The summed E-state index contributed by atoms with van der Waals surface area (Å²) < 4.78 is 38.3. The van der Waals surface area contributed by atoms with Gasteiger partial charge >= 0.3 is 0 Å². The summed E-state index contributed by atoms with van der Waals surface area (Å²) in [7, 11) is -2.42. The Morgan fingerprint density at radius 2 is 1.72 bits per heavy atom. The summed E-state index contributed by atoms with van der Waals surface area (Å²) in [4.78, 5) is 12.8. The van der Waals surface area contributed by atoms with Crippen molar-refractivity contribution in [2.24, 2.45) is 0 Å². The molecule has 7 nitrogen and oxygen atoms in total. The van der Waals surface area contributed by atoms with Crippen LogP contribution in [0.3, 0.4) is 0 Å². The molecule has 1 aliphatic heterocycles. The van der Waals surface area contributed by atoms with Gasteiger partial charge in [0.1, 0.15) is 13.2 Å². The van der Waals surface area contributed by atoms with Gasteiger partial charge in [-0.3, -0.25) is 9.10 Å². The lowest BCUT2D eigenvalue weighted by molar-refractivity contribution is 0.0950. The van der Waals surface area contributed by atoms with E-state index in [4.69, 9.17) is 21.1 Å². The van der Waals surface area contributed by atoms with Gasteiger partial charge in [0.15, 0.2) is 11.5 Å². The van der Waals surface area contributed by atoms with Crippen LogP contribution in [0, 0.1) is 0 Å². The predicted octanol–water partition coefficient (Wildman–Crippen LogP) is 3.87. The fourth-order valence-electron chi connectivity index (χ4n) is 3.25. The summed E-state index contributed by atoms with van der Waals surface area (Å²) in [6, 6.07) is 18.2. The number of benzene rings is 3. The molecule has 0 saturated carbocycles. The Bertz CT molecular complexity index is 1250. The topological polar surface area (TPSA) is 84.9 Å². The summed E-state index contributed by atoms with van der Waals surface area (Å²) in [5.41, 5.74) is 1.39. The predicted molar refractivity (Wildman–Crippen MR) is 122 cm³/mol. The van der Waals surface area contributed by atoms with Crippen molar-refractivity contribution in [3.05, 3.63) is 82.9 Å². The minimum absolute atomic E-state index is 0.0299.